The molecule has 4 rings (SSSR count). The van der Waals surface area contributed by atoms with Crippen molar-refractivity contribution in [1.29, 1.82) is 0 Å². The van der Waals surface area contributed by atoms with Gasteiger partial charge in [-0.05, 0) is 31.9 Å². The summed E-state index contributed by atoms with van der Waals surface area (Å²) in [6.07, 6.45) is 1.70. The van der Waals surface area contributed by atoms with Gasteiger partial charge in [0.25, 0.3) is 5.91 Å². The maximum Gasteiger partial charge on any atom is 0.309 e. The van der Waals surface area contributed by atoms with E-state index in [1.54, 1.807) is 4.68 Å². The Balaban J connectivity index is 1.57. The first kappa shape index (κ1) is 18.0. The number of esters is 1. The minimum atomic E-state index is -0.387. The van der Waals surface area contributed by atoms with Crippen LogP contribution in [0.2, 0.25) is 0 Å². The largest absolute Gasteiger partial charge is 0.455 e. The molecule has 0 bridgehead atoms. The topological polar surface area (TPSA) is 73.2 Å². The predicted molar refractivity (Wildman–Crippen MR) is 106 cm³/mol. The van der Waals surface area contributed by atoms with Crippen molar-refractivity contribution in [3.8, 4) is 16.9 Å². The quantitative estimate of drug-likeness (QED) is 0.666. The van der Waals surface area contributed by atoms with E-state index in [9.17, 15) is 9.59 Å². The molecule has 1 aliphatic carbocycles. The number of aromatic nitrogens is 2. The third-order valence-corrected chi connectivity index (χ3v) is 4.58. The summed E-state index contributed by atoms with van der Waals surface area (Å²) in [7, 11) is 0. The van der Waals surface area contributed by atoms with Crippen molar-refractivity contribution in [1.82, 2.24) is 9.78 Å². The maximum absolute atomic E-state index is 12.3. The summed E-state index contributed by atoms with van der Waals surface area (Å²) >= 11 is 0. The molecule has 0 radical (unpaired) electrons. The SMILES string of the molecule is Cc1ccc(-c2cc(NC(=O)COC(=O)C3CC3)n(-c3ccccc3)n2)cc1. The smallest absolute Gasteiger partial charge is 0.309 e. The predicted octanol–water partition coefficient (Wildman–Crippen LogP) is 3.74. The van der Waals surface area contributed by atoms with Crippen LogP contribution in [0.25, 0.3) is 16.9 Å². The molecule has 1 heterocycles. The van der Waals surface area contributed by atoms with E-state index in [2.05, 4.69) is 10.4 Å². The van der Waals surface area contributed by atoms with Crippen LogP contribution in [0, 0.1) is 12.8 Å². The number of anilines is 1. The Morgan fingerprint density at radius 1 is 1.11 bits per heavy atom. The highest BCUT2D eigenvalue weighted by Crippen LogP contribution is 2.30. The van der Waals surface area contributed by atoms with Crippen LogP contribution in [0.15, 0.2) is 60.7 Å². The second kappa shape index (κ2) is 7.68. The van der Waals surface area contributed by atoms with Crippen LogP contribution in [0.1, 0.15) is 18.4 Å². The van der Waals surface area contributed by atoms with Crippen LogP contribution in [-0.2, 0) is 14.3 Å². The van der Waals surface area contributed by atoms with E-state index in [4.69, 9.17) is 4.74 Å². The summed E-state index contributed by atoms with van der Waals surface area (Å²) < 4.78 is 6.75. The molecule has 0 spiro atoms. The Labute approximate surface area is 163 Å². The van der Waals surface area contributed by atoms with Gasteiger partial charge in [-0.15, -0.1) is 0 Å². The van der Waals surface area contributed by atoms with Gasteiger partial charge in [0, 0.05) is 11.6 Å². The zero-order valence-corrected chi connectivity index (χ0v) is 15.6. The average Bonchev–Trinajstić information content (AvgIpc) is 3.48. The fourth-order valence-electron chi connectivity index (χ4n) is 2.85. The minimum absolute atomic E-state index is 0.0317. The second-order valence-electron chi connectivity index (χ2n) is 6.96. The first-order valence-corrected chi connectivity index (χ1v) is 9.29. The molecule has 2 aromatic carbocycles. The molecule has 0 saturated heterocycles. The minimum Gasteiger partial charge on any atom is -0.455 e. The Hall–Kier alpha value is -3.41. The fraction of sp³-hybridized carbons (Fsp3) is 0.227. The first-order valence-electron chi connectivity index (χ1n) is 9.29. The standard InChI is InChI=1S/C22H21N3O3/c1-15-7-9-16(10-8-15)19-13-20(25(24-19)18-5-3-2-4-6-18)23-21(26)14-28-22(27)17-11-12-17/h2-10,13,17H,11-12,14H2,1H3,(H,23,26). The number of nitrogens with one attached hydrogen (secondary N) is 1. The number of carbonyl (C=O) groups is 2. The molecule has 3 aromatic rings. The number of rotatable bonds is 6. The molecule has 6 heteroatoms. The number of aryl methyl sites for hydroxylation is 1. The van der Waals surface area contributed by atoms with Gasteiger partial charge in [-0.25, -0.2) is 4.68 Å². The lowest BCUT2D eigenvalue weighted by atomic mass is 10.1. The van der Waals surface area contributed by atoms with Gasteiger partial charge in [0.15, 0.2) is 6.61 Å². The van der Waals surface area contributed by atoms with E-state index in [1.807, 2.05) is 67.6 Å². The van der Waals surface area contributed by atoms with Crippen LogP contribution in [-0.4, -0.2) is 28.3 Å². The summed E-state index contributed by atoms with van der Waals surface area (Å²) in [5.74, 6) is -0.196. The van der Waals surface area contributed by atoms with Crippen molar-refractivity contribution >= 4 is 17.7 Å². The fourth-order valence-corrected chi connectivity index (χ4v) is 2.85. The van der Waals surface area contributed by atoms with E-state index in [-0.39, 0.29) is 24.4 Å². The zero-order chi connectivity index (χ0) is 19.5. The Morgan fingerprint density at radius 2 is 1.82 bits per heavy atom. The number of hydrogen-bond donors (Lipinski definition) is 1. The molecule has 142 valence electrons. The van der Waals surface area contributed by atoms with Gasteiger partial charge in [-0.2, -0.15) is 5.10 Å². The number of ether oxygens (including phenoxy) is 1. The van der Waals surface area contributed by atoms with Gasteiger partial charge in [0.1, 0.15) is 5.82 Å². The summed E-state index contributed by atoms with van der Waals surface area (Å²) in [6.45, 7) is 1.73. The summed E-state index contributed by atoms with van der Waals surface area (Å²) in [6, 6.07) is 19.4. The number of para-hydroxylation sites is 1. The molecule has 6 nitrogen and oxygen atoms in total. The molecule has 1 fully saturated rings. The highest BCUT2D eigenvalue weighted by molar-refractivity contribution is 5.93. The average molecular weight is 375 g/mol. The van der Waals surface area contributed by atoms with E-state index in [1.165, 1.54) is 0 Å². The van der Waals surface area contributed by atoms with Gasteiger partial charge in [0.2, 0.25) is 0 Å². The lowest BCUT2D eigenvalue weighted by molar-refractivity contribution is -0.148. The lowest BCUT2D eigenvalue weighted by Crippen LogP contribution is -2.22. The number of amides is 1. The van der Waals surface area contributed by atoms with Crippen LogP contribution >= 0.6 is 0 Å². The van der Waals surface area contributed by atoms with E-state index < -0.39 is 0 Å². The molecule has 1 aromatic heterocycles. The lowest BCUT2D eigenvalue weighted by Gasteiger charge is -2.09. The Kier molecular flexibility index (Phi) is 4.93. The number of nitrogens with zero attached hydrogens (tertiary/aromatic N) is 2. The van der Waals surface area contributed by atoms with Crippen molar-refractivity contribution in [2.75, 3.05) is 11.9 Å². The third kappa shape index (κ3) is 4.11. The van der Waals surface area contributed by atoms with Crippen molar-refractivity contribution in [2.45, 2.75) is 19.8 Å². The van der Waals surface area contributed by atoms with Crippen LogP contribution < -0.4 is 5.32 Å². The van der Waals surface area contributed by atoms with E-state index in [0.29, 0.717) is 5.82 Å². The highest BCUT2D eigenvalue weighted by Gasteiger charge is 2.31. The molecule has 1 aliphatic rings. The zero-order valence-electron chi connectivity index (χ0n) is 15.6. The van der Waals surface area contributed by atoms with Crippen molar-refractivity contribution in [3.05, 3.63) is 66.2 Å². The molecule has 1 N–H and O–H groups in total. The van der Waals surface area contributed by atoms with Crippen molar-refractivity contribution < 1.29 is 14.3 Å². The van der Waals surface area contributed by atoms with Gasteiger partial charge in [-0.3, -0.25) is 9.59 Å². The van der Waals surface area contributed by atoms with Crippen LogP contribution in [0.5, 0.6) is 0 Å². The molecule has 0 aliphatic heterocycles. The summed E-state index contributed by atoms with van der Waals surface area (Å²) in [5.41, 5.74) is 3.69. The van der Waals surface area contributed by atoms with Crippen LogP contribution in [0.3, 0.4) is 0 Å². The Morgan fingerprint density at radius 3 is 2.50 bits per heavy atom. The first-order chi connectivity index (χ1) is 13.6. The monoisotopic (exact) mass is 375 g/mol. The molecule has 0 unspecified atom stereocenters. The van der Waals surface area contributed by atoms with Gasteiger partial charge in [0.05, 0.1) is 17.3 Å². The third-order valence-electron chi connectivity index (χ3n) is 4.58. The maximum atomic E-state index is 12.3. The van der Waals surface area contributed by atoms with Gasteiger partial charge in [-0.1, -0.05) is 48.0 Å². The van der Waals surface area contributed by atoms with Crippen molar-refractivity contribution in [3.63, 3.8) is 0 Å². The summed E-state index contributed by atoms with van der Waals surface area (Å²) in [5, 5.41) is 7.47. The summed E-state index contributed by atoms with van der Waals surface area (Å²) in [4.78, 5) is 24.0. The highest BCUT2D eigenvalue weighted by atomic mass is 16.5. The molecule has 1 amide bonds. The van der Waals surface area contributed by atoms with E-state index >= 15 is 0 Å². The second-order valence-corrected chi connectivity index (χ2v) is 6.96. The van der Waals surface area contributed by atoms with Crippen LogP contribution in [0.4, 0.5) is 5.82 Å². The molecular formula is C22H21N3O3. The normalized spacial score (nSPS) is 13.2. The Bertz CT molecular complexity index is 990. The van der Waals surface area contributed by atoms with E-state index in [0.717, 1.165) is 35.3 Å². The molecular weight excluding hydrogens is 354 g/mol. The van der Waals surface area contributed by atoms with Gasteiger partial charge < -0.3 is 10.1 Å². The molecule has 0 atom stereocenters. The molecule has 28 heavy (non-hydrogen) atoms. The van der Waals surface area contributed by atoms with Crippen molar-refractivity contribution in [2.24, 2.45) is 5.92 Å². The number of hydrogen-bond acceptors (Lipinski definition) is 4. The molecule has 1 saturated carbocycles. The van der Waals surface area contributed by atoms with Gasteiger partial charge >= 0.3 is 5.97 Å². The number of benzene rings is 2. The number of carbonyl (C=O) groups excluding carboxylic acids is 2.